The van der Waals surface area contributed by atoms with E-state index >= 15 is 0 Å². The van der Waals surface area contributed by atoms with Crippen molar-refractivity contribution in [2.24, 2.45) is 0 Å². The zero-order valence-corrected chi connectivity index (χ0v) is 10.5. The fourth-order valence-electron chi connectivity index (χ4n) is 2.23. The quantitative estimate of drug-likeness (QED) is 0.802. The van der Waals surface area contributed by atoms with Crippen LogP contribution in [0.15, 0.2) is 30.3 Å². The van der Waals surface area contributed by atoms with Crippen LogP contribution in [0.1, 0.15) is 6.92 Å². The molecule has 1 N–H and O–H groups in total. The molecule has 1 aromatic rings. The summed E-state index contributed by atoms with van der Waals surface area (Å²) in [5.41, 5.74) is 1.13. The van der Waals surface area contributed by atoms with Gasteiger partial charge in [0.25, 0.3) is 5.91 Å². The number of rotatable bonds is 4. The first-order chi connectivity index (χ1) is 8.32. The predicted octanol–water partition coefficient (Wildman–Crippen LogP) is 1.43. The summed E-state index contributed by atoms with van der Waals surface area (Å²) in [6.07, 6.45) is 0. The minimum atomic E-state index is -0.686. The molecule has 0 bridgehead atoms. The molecule has 1 saturated heterocycles. The van der Waals surface area contributed by atoms with Gasteiger partial charge in [-0.1, -0.05) is 18.2 Å². The van der Waals surface area contributed by atoms with Crippen LogP contribution < -0.4 is 10.2 Å². The predicted molar refractivity (Wildman–Crippen MR) is 68.0 cm³/mol. The van der Waals surface area contributed by atoms with Crippen LogP contribution in [-0.4, -0.2) is 39.3 Å². The summed E-state index contributed by atoms with van der Waals surface area (Å²) in [5, 5.41) is 3.32. The number of para-hydroxylation sites is 1. The lowest BCUT2D eigenvalue weighted by atomic mass is 10.2. The number of hydrogen-bond acceptors (Lipinski definition) is 4. The summed E-state index contributed by atoms with van der Waals surface area (Å²) in [5.74, 6) is -0.686. The van der Waals surface area contributed by atoms with E-state index in [1.807, 2.05) is 25.1 Å². The summed E-state index contributed by atoms with van der Waals surface area (Å²) in [4.78, 5) is 2.17. The lowest BCUT2D eigenvalue weighted by Gasteiger charge is -2.46. The number of methoxy groups -OCH3 is 1. The van der Waals surface area contributed by atoms with Crippen molar-refractivity contribution in [1.29, 1.82) is 0 Å². The minimum absolute atomic E-state index is 0.624. The number of anilines is 1. The van der Waals surface area contributed by atoms with Gasteiger partial charge < -0.3 is 19.7 Å². The Morgan fingerprint density at radius 3 is 2.76 bits per heavy atom. The second-order valence-electron chi connectivity index (χ2n) is 4.01. The Balaban J connectivity index is 2.28. The Morgan fingerprint density at radius 2 is 2.12 bits per heavy atom. The van der Waals surface area contributed by atoms with Crippen LogP contribution in [0, 0.1) is 0 Å². The molecule has 1 fully saturated rings. The average Bonchev–Trinajstić information content (AvgIpc) is 2.40. The molecule has 4 nitrogen and oxygen atoms in total. The molecular weight excluding hydrogens is 216 g/mol. The van der Waals surface area contributed by atoms with Gasteiger partial charge >= 0.3 is 0 Å². The molecule has 1 unspecified atom stereocenters. The topological polar surface area (TPSA) is 33.7 Å². The van der Waals surface area contributed by atoms with Crippen LogP contribution in [0.2, 0.25) is 0 Å². The SMILES string of the molecule is CCOC1(OC)CNCCN1c1ccccc1. The molecule has 0 spiro atoms. The Labute approximate surface area is 103 Å². The third-order valence-electron chi connectivity index (χ3n) is 3.03. The van der Waals surface area contributed by atoms with E-state index in [9.17, 15) is 0 Å². The zero-order chi connectivity index (χ0) is 12.1. The first kappa shape index (κ1) is 12.4. The normalized spacial score (nSPS) is 24.9. The van der Waals surface area contributed by atoms with Gasteiger partial charge in [0, 0.05) is 32.5 Å². The molecular formula is C13H20N2O2. The lowest BCUT2D eigenvalue weighted by Crippen LogP contribution is -2.64. The highest BCUT2D eigenvalue weighted by Crippen LogP contribution is 2.27. The maximum absolute atomic E-state index is 5.83. The summed E-state index contributed by atoms with van der Waals surface area (Å²) in [6, 6.07) is 10.2. The number of nitrogens with zero attached hydrogens (tertiary/aromatic N) is 1. The summed E-state index contributed by atoms with van der Waals surface area (Å²) >= 11 is 0. The van der Waals surface area contributed by atoms with Gasteiger partial charge in [-0.05, 0) is 19.1 Å². The molecule has 4 heteroatoms. The highest BCUT2D eigenvalue weighted by atomic mass is 16.7. The second-order valence-corrected chi connectivity index (χ2v) is 4.01. The Morgan fingerprint density at radius 1 is 1.35 bits per heavy atom. The standard InChI is InChI=1S/C13H20N2O2/c1-3-17-13(16-2)11-14-9-10-15(13)12-7-5-4-6-8-12/h4-8,14H,3,9-11H2,1-2H3. The summed E-state index contributed by atoms with van der Waals surface area (Å²) < 4.78 is 11.5. The average molecular weight is 236 g/mol. The van der Waals surface area contributed by atoms with E-state index < -0.39 is 5.91 Å². The van der Waals surface area contributed by atoms with Crippen molar-refractivity contribution >= 4 is 5.69 Å². The molecule has 1 atom stereocenters. The van der Waals surface area contributed by atoms with E-state index in [4.69, 9.17) is 9.47 Å². The van der Waals surface area contributed by atoms with E-state index in [0.29, 0.717) is 13.2 Å². The molecule has 94 valence electrons. The van der Waals surface area contributed by atoms with Crippen molar-refractivity contribution < 1.29 is 9.47 Å². The smallest absolute Gasteiger partial charge is 0.264 e. The largest absolute Gasteiger partial charge is 0.335 e. The highest BCUT2D eigenvalue weighted by Gasteiger charge is 2.40. The van der Waals surface area contributed by atoms with Gasteiger partial charge in [0.2, 0.25) is 0 Å². The Hall–Kier alpha value is -1.10. The third kappa shape index (κ3) is 2.44. The molecule has 0 amide bonds. The maximum Gasteiger partial charge on any atom is 0.264 e. The van der Waals surface area contributed by atoms with Crippen LogP contribution in [0.4, 0.5) is 5.69 Å². The van der Waals surface area contributed by atoms with E-state index in [2.05, 4.69) is 22.3 Å². The molecule has 17 heavy (non-hydrogen) atoms. The van der Waals surface area contributed by atoms with Crippen LogP contribution >= 0.6 is 0 Å². The van der Waals surface area contributed by atoms with Gasteiger partial charge in [-0.2, -0.15) is 0 Å². The molecule has 0 saturated carbocycles. The Bertz CT molecular complexity index is 341. The Kier molecular flexibility index (Phi) is 3.99. The van der Waals surface area contributed by atoms with E-state index in [1.54, 1.807) is 7.11 Å². The van der Waals surface area contributed by atoms with Gasteiger partial charge in [-0.25, -0.2) is 0 Å². The number of ether oxygens (including phenoxy) is 2. The first-order valence-corrected chi connectivity index (χ1v) is 6.05. The van der Waals surface area contributed by atoms with Gasteiger partial charge in [-0.15, -0.1) is 0 Å². The van der Waals surface area contributed by atoms with Crippen LogP contribution in [-0.2, 0) is 9.47 Å². The van der Waals surface area contributed by atoms with E-state index in [-0.39, 0.29) is 0 Å². The van der Waals surface area contributed by atoms with E-state index in [1.165, 1.54) is 0 Å². The third-order valence-corrected chi connectivity index (χ3v) is 3.03. The van der Waals surface area contributed by atoms with Crippen LogP contribution in [0.25, 0.3) is 0 Å². The number of benzene rings is 1. The molecule has 0 radical (unpaired) electrons. The van der Waals surface area contributed by atoms with Crippen molar-refractivity contribution in [2.75, 3.05) is 38.3 Å². The zero-order valence-electron chi connectivity index (χ0n) is 10.5. The van der Waals surface area contributed by atoms with Crippen molar-refractivity contribution in [3.05, 3.63) is 30.3 Å². The molecule has 1 aromatic carbocycles. The fraction of sp³-hybridized carbons (Fsp3) is 0.538. The molecule has 1 heterocycles. The second kappa shape index (κ2) is 5.49. The summed E-state index contributed by atoms with van der Waals surface area (Å²) in [6.45, 7) is 5.09. The first-order valence-electron chi connectivity index (χ1n) is 6.05. The number of nitrogens with one attached hydrogen (secondary N) is 1. The van der Waals surface area contributed by atoms with Crippen molar-refractivity contribution in [1.82, 2.24) is 5.32 Å². The fourth-order valence-corrected chi connectivity index (χ4v) is 2.23. The van der Waals surface area contributed by atoms with E-state index in [0.717, 1.165) is 18.8 Å². The number of hydrogen-bond donors (Lipinski definition) is 1. The highest BCUT2D eigenvalue weighted by molar-refractivity contribution is 5.48. The van der Waals surface area contributed by atoms with Gasteiger partial charge in [0.15, 0.2) is 0 Å². The monoisotopic (exact) mass is 236 g/mol. The maximum atomic E-state index is 5.83. The minimum Gasteiger partial charge on any atom is -0.335 e. The molecule has 1 aliphatic rings. The van der Waals surface area contributed by atoms with Crippen LogP contribution in [0.5, 0.6) is 0 Å². The molecule has 1 aliphatic heterocycles. The molecule has 0 aromatic heterocycles. The van der Waals surface area contributed by atoms with Gasteiger partial charge in [0.1, 0.15) is 0 Å². The van der Waals surface area contributed by atoms with Gasteiger partial charge in [-0.3, -0.25) is 0 Å². The van der Waals surface area contributed by atoms with Gasteiger partial charge in [0.05, 0.1) is 6.54 Å². The molecule has 2 rings (SSSR count). The lowest BCUT2D eigenvalue weighted by molar-refractivity contribution is -0.221. The van der Waals surface area contributed by atoms with Crippen molar-refractivity contribution in [2.45, 2.75) is 12.8 Å². The van der Waals surface area contributed by atoms with Crippen LogP contribution in [0.3, 0.4) is 0 Å². The summed E-state index contributed by atoms with van der Waals surface area (Å²) in [7, 11) is 1.69. The molecule has 0 aliphatic carbocycles. The van der Waals surface area contributed by atoms with Crippen molar-refractivity contribution in [3.8, 4) is 0 Å². The number of piperazine rings is 1. The van der Waals surface area contributed by atoms with Crippen molar-refractivity contribution in [3.63, 3.8) is 0 Å².